The van der Waals surface area contributed by atoms with E-state index in [1.165, 1.54) is 26.1 Å². The van der Waals surface area contributed by atoms with Crippen LogP contribution in [0.1, 0.15) is 43.4 Å². The van der Waals surface area contributed by atoms with Crippen molar-refractivity contribution in [2.45, 2.75) is 44.2 Å². The Morgan fingerprint density at radius 3 is 2.32 bits per heavy atom. The quantitative estimate of drug-likeness (QED) is 0.511. The van der Waals surface area contributed by atoms with Crippen LogP contribution in [-0.4, -0.2) is 27.9 Å². The molecule has 1 fully saturated rings. The molecule has 0 saturated heterocycles. The van der Waals surface area contributed by atoms with Crippen molar-refractivity contribution in [1.82, 2.24) is 14.3 Å². The van der Waals surface area contributed by atoms with Gasteiger partial charge in [0.25, 0.3) is 24.0 Å². The molecule has 0 unspecified atom stereocenters. The summed E-state index contributed by atoms with van der Waals surface area (Å²) in [5.41, 5.74) is -4.17. The number of fused-ring (bicyclic) bond motifs is 1. The van der Waals surface area contributed by atoms with Gasteiger partial charge in [0.1, 0.15) is 16.7 Å². The number of hydrogen-bond acceptors (Lipinski definition) is 5. The second-order valence-electron chi connectivity index (χ2n) is 8.22. The second-order valence-corrected chi connectivity index (χ2v) is 8.22. The lowest BCUT2D eigenvalue weighted by Gasteiger charge is -2.22. The highest BCUT2D eigenvalue weighted by molar-refractivity contribution is 5.94. The molecule has 0 amide bonds. The average molecular weight is 484 g/mol. The fourth-order valence-electron chi connectivity index (χ4n) is 4.07. The van der Waals surface area contributed by atoms with Crippen LogP contribution in [0.5, 0.6) is 5.75 Å². The van der Waals surface area contributed by atoms with E-state index in [0.717, 1.165) is 28.6 Å². The van der Waals surface area contributed by atoms with Crippen molar-refractivity contribution < 1.29 is 26.7 Å². The number of alkyl halides is 4. The molecule has 34 heavy (non-hydrogen) atoms. The molecule has 1 saturated carbocycles. The molecule has 1 atom stereocenters. The van der Waals surface area contributed by atoms with Crippen LogP contribution in [-0.2, 0) is 12.6 Å². The summed E-state index contributed by atoms with van der Waals surface area (Å²) >= 11 is 0. The predicted octanol–water partition coefficient (Wildman–Crippen LogP) is 4.11. The third-order valence-electron chi connectivity index (χ3n) is 6.15. The normalized spacial score (nSPS) is 15.7. The van der Waals surface area contributed by atoms with E-state index in [4.69, 9.17) is 4.74 Å². The van der Waals surface area contributed by atoms with Gasteiger partial charge in [0.05, 0.1) is 24.1 Å². The maximum absolute atomic E-state index is 14.7. The van der Waals surface area contributed by atoms with Gasteiger partial charge in [0, 0.05) is 18.8 Å². The van der Waals surface area contributed by atoms with E-state index in [2.05, 4.69) is 10.4 Å². The van der Waals surface area contributed by atoms with E-state index in [1.54, 1.807) is 0 Å². The largest absolute Gasteiger partial charge is 0.490 e. The Balaban J connectivity index is 1.92. The summed E-state index contributed by atoms with van der Waals surface area (Å²) in [6, 6.07) is 2.65. The summed E-state index contributed by atoms with van der Waals surface area (Å²) in [6.07, 6.45) is -4.63. The van der Waals surface area contributed by atoms with Crippen LogP contribution in [0.3, 0.4) is 0 Å². The topological polar surface area (TPSA) is 78.2 Å². The van der Waals surface area contributed by atoms with Crippen LogP contribution >= 0.6 is 0 Å². The van der Waals surface area contributed by atoms with Gasteiger partial charge in [-0.3, -0.25) is 14.2 Å². The highest BCUT2D eigenvalue weighted by atomic mass is 19.3. The summed E-state index contributed by atoms with van der Waals surface area (Å²) in [6.45, 7) is 1.49. The third kappa shape index (κ3) is 3.61. The Morgan fingerprint density at radius 1 is 1.12 bits per heavy atom. The minimum Gasteiger partial charge on any atom is -0.490 e. The van der Waals surface area contributed by atoms with E-state index < -0.39 is 52.7 Å². The number of pyridine rings is 1. The number of halogens is 5. The molecule has 3 aromatic rings. The summed E-state index contributed by atoms with van der Waals surface area (Å²) in [7, 11) is 2.45. The molecule has 1 N–H and O–H groups in total. The number of hydrogen-bond donors (Lipinski definition) is 1. The SMILES string of the molecule is COc1c(=O)n(C2(C(F)F)CC2)cc2c(N[C@H](C)c3cccc(C(F)F)c3F)nn(C)c(=O)c12. The maximum atomic E-state index is 14.7. The van der Waals surface area contributed by atoms with E-state index in [1.807, 2.05) is 0 Å². The molecule has 1 aliphatic carbocycles. The van der Waals surface area contributed by atoms with Crippen molar-refractivity contribution in [2.24, 2.45) is 7.05 Å². The second kappa shape index (κ2) is 8.41. The number of methoxy groups -OCH3 is 1. The van der Waals surface area contributed by atoms with Gasteiger partial charge in [-0.15, -0.1) is 0 Å². The molecule has 2 aromatic heterocycles. The number of benzene rings is 1. The zero-order valence-corrected chi connectivity index (χ0v) is 18.4. The lowest BCUT2D eigenvalue weighted by atomic mass is 10.0. The Kier molecular flexibility index (Phi) is 5.86. The molecule has 1 aromatic carbocycles. The Hall–Kier alpha value is -3.44. The van der Waals surface area contributed by atoms with E-state index in [0.29, 0.717) is 0 Å². The standard InChI is InChI=1S/C22H21F5N4O3/c1-10(11-5-4-6-12(15(11)23)17(24)25)28-18-13-9-31(22(7-8-22)21(26)27)20(33)16(34-3)14(13)19(32)30(2)29-18/h4-6,9-10,17,21H,7-8H2,1-3H3,(H,28,29)/t10-/m1/s1. The minimum absolute atomic E-state index is 0.00347. The molecule has 7 nitrogen and oxygen atoms in total. The number of nitrogens with zero attached hydrogens (tertiary/aromatic N) is 3. The molecule has 1 aliphatic rings. The smallest absolute Gasteiger partial charge is 0.294 e. The first kappa shape index (κ1) is 23.7. The van der Waals surface area contributed by atoms with Crippen molar-refractivity contribution in [3.63, 3.8) is 0 Å². The van der Waals surface area contributed by atoms with E-state index >= 15 is 0 Å². The molecule has 0 radical (unpaired) electrons. The number of ether oxygens (including phenoxy) is 1. The number of aryl methyl sites for hydroxylation is 1. The molecule has 2 heterocycles. The van der Waals surface area contributed by atoms with Gasteiger partial charge in [-0.1, -0.05) is 18.2 Å². The highest BCUT2D eigenvalue weighted by Gasteiger charge is 2.54. The van der Waals surface area contributed by atoms with Crippen LogP contribution in [0.25, 0.3) is 10.8 Å². The van der Waals surface area contributed by atoms with Crippen LogP contribution in [0, 0.1) is 5.82 Å². The fourth-order valence-corrected chi connectivity index (χ4v) is 4.07. The van der Waals surface area contributed by atoms with Crippen molar-refractivity contribution in [2.75, 3.05) is 12.4 Å². The molecular formula is C22H21F5N4O3. The monoisotopic (exact) mass is 484 g/mol. The first-order valence-electron chi connectivity index (χ1n) is 10.4. The fraction of sp³-hybridized carbons (Fsp3) is 0.409. The van der Waals surface area contributed by atoms with Gasteiger partial charge >= 0.3 is 0 Å². The van der Waals surface area contributed by atoms with Crippen LogP contribution in [0.4, 0.5) is 27.8 Å². The summed E-state index contributed by atoms with van der Waals surface area (Å²) in [5.74, 6) is -1.56. The summed E-state index contributed by atoms with van der Waals surface area (Å²) in [5, 5.41) is 6.78. The van der Waals surface area contributed by atoms with Gasteiger partial charge in [0.15, 0.2) is 11.6 Å². The summed E-state index contributed by atoms with van der Waals surface area (Å²) < 4.78 is 75.5. The highest BCUT2D eigenvalue weighted by Crippen LogP contribution is 2.48. The van der Waals surface area contributed by atoms with Crippen LogP contribution < -0.4 is 21.2 Å². The number of nitrogens with one attached hydrogen (secondary N) is 1. The Labute approximate surface area is 189 Å². The number of anilines is 1. The van der Waals surface area contributed by atoms with Crippen LogP contribution in [0.2, 0.25) is 0 Å². The Bertz CT molecular complexity index is 1380. The molecule has 0 spiro atoms. The van der Waals surface area contributed by atoms with Crippen molar-refractivity contribution >= 4 is 16.6 Å². The first-order chi connectivity index (χ1) is 16.0. The molecule has 0 bridgehead atoms. The molecule has 182 valence electrons. The zero-order chi connectivity index (χ0) is 24.9. The first-order valence-corrected chi connectivity index (χ1v) is 10.4. The molecular weight excluding hydrogens is 463 g/mol. The Morgan fingerprint density at radius 2 is 1.76 bits per heavy atom. The van der Waals surface area contributed by atoms with Crippen LogP contribution in [0.15, 0.2) is 34.0 Å². The minimum atomic E-state index is -3.02. The van der Waals surface area contributed by atoms with Gasteiger partial charge in [-0.05, 0) is 19.8 Å². The number of rotatable bonds is 7. The van der Waals surface area contributed by atoms with Crippen molar-refractivity contribution in [3.8, 4) is 5.75 Å². The van der Waals surface area contributed by atoms with Gasteiger partial charge in [0.2, 0.25) is 0 Å². The molecule has 12 heteroatoms. The lowest BCUT2D eigenvalue weighted by molar-refractivity contribution is 0.0650. The third-order valence-corrected chi connectivity index (χ3v) is 6.15. The molecule has 0 aliphatic heterocycles. The lowest BCUT2D eigenvalue weighted by Crippen LogP contribution is -2.37. The van der Waals surface area contributed by atoms with E-state index in [9.17, 15) is 31.5 Å². The van der Waals surface area contributed by atoms with Gasteiger partial charge in [-0.2, -0.15) is 5.10 Å². The maximum Gasteiger partial charge on any atom is 0.294 e. The van der Waals surface area contributed by atoms with Crippen molar-refractivity contribution in [1.29, 1.82) is 0 Å². The van der Waals surface area contributed by atoms with E-state index in [-0.39, 0.29) is 35.0 Å². The number of aromatic nitrogens is 3. The average Bonchev–Trinajstić information content (AvgIpc) is 3.58. The van der Waals surface area contributed by atoms with Crippen molar-refractivity contribution in [3.05, 3.63) is 62.0 Å². The predicted molar refractivity (Wildman–Crippen MR) is 114 cm³/mol. The molecule has 4 rings (SSSR count). The van der Waals surface area contributed by atoms with Gasteiger partial charge < -0.3 is 10.1 Å². The zero-order valence-electron chi connectivity index (χ0n) is 18.4. The van der Waals surface area contributed by atoms with Gasteiger partial charge in [-0.25, -0.2) is 26.6 Å². The summed E-state index contributed by atoms with van der Waals surface area (Å²) in [4.78, 5) is 25.8.